The van der Waals surface area contributed by atoms with Crippen molar-refractivity contribution >= 4 is 21.5 Å². The van der Waals surface area contributed by atoms with Gasteiger partial charge in [-0.1, -0.05) is 127 Å². The molecular formula is C36H28. The van der Waals surface area contributed by atoms with Crippen molar-refractivity contribution in [2.75, 3.05) is 0 Å². The standard InChI is InChI=1S/C36H28/c1-2-14-26(15-3-1)35-31-20-8-10-22-33(31)36(34-23-11-9-21-32(34)35)30-19-7-6-18-29(30)28-24-12-16-25-13-4-5-17-27(25)28/h1-11,13-15,17-23,28H,12,16,24H2/i8D,9D,10D,11D,20D,21D,22D,23D. The van der Waals surface area contributed by atoms with Crippen LogP contribution < -0.4 is 0 Å². The molecule has 0 saturated heterocycles. The predicted molar refractivity (Wildman–Crippen MR) is 154 cm³/mol. The first-order valence-electron chi connectivity index (χ1n) is 16.4. The molecule has 7 rings (SSSR count). The van der Waals surface area contributed by atoms with E-state index in [1.54, 1.807) is 0 Å². The summed E-state index contributed by atoms with van der Waals surface area (Å²) in [7, 11) is 0. The lowest BCUT2D eigenvalue weighted by molar-refractivity contribution is 0.617. The highest BCUT2D eigenvalue weighted by molar-refractivity contribution is 6.21. The number of aryl methyl sites for hydroxylation is 1. The third kappa shape index (κ3) is 3.37. The summed E-state index contributed by atoms with van der Waals surface area (Å²) in [6.45, 7) is 0. The quantitative estimate of drug-likeness (QED) is 0.227. The van der Waals surface area contributed by atoms with Gasteiger partial charge in [0.25, 0.3) is 0 Å². The number of rotatable bonds is 3. The summed E-state index contributed by atoms with van der Waals surface area (Å²) in [5.41, 5.74) is 5.55. The Morgan fingerprint density at radius 2 is 1.11 bits per heavy atom. The van der Waals surface area contributed by atoms with Crippen LogP contribution in [0.25, 0.3) is 43.8 Å². The Labute approximate surface area is 224 Å². The van der Waals surface area contributed by atoms with E-state index < -0.39 is 0 Å². The van der Waals surface area contributed by atoms with Crippen LogP contribution >= 0.6 is 0 Å². The minimum absolute atomic E-state index is 0.0150. The zero-order chi connectivity index (χ0) is 30.9. The van der Waals surface area contributed by atoms with Crippen molar-refractivity contribution in [2.45, 2.75) is 25.2 Å². The summed E-state index contributed by atoms with van der Waals surface area (Å²) in [5.74, 6) is 0.0150. The fourth-order valence-corrected chi connectivity index (χ4v) is 5.89. The number of fused-ring (bicyclic) bond motifs is 3. The van der Waals surface area contributed by atoms with Crippen molar-refractivity contribution in [1.29, 1.82) is 0 Å². The number of hydrogen-bond donors (Lipinski definition) is 0. The molecule has 0 heteroatoms. The third-order valence-corrected chi connectivity index (χ3v) is 7.41. The lowest BCUT2D eigenvalue weighted by Crippen LogP contribution is -2.12. The molecule has 0 fully saturated rings. The predicted octanol–water partition coefficient (Wildman–Crippen LogP) is 9.80. The molecule has 0 nitrogen and oxygen atoms in total. The summed E-state index contributed by atoms with van der Waals surface area (Å²) >= 11 is 0. The van der Waals surface area contributed by atoms with Crippen LogP contribution in [0.1, 0.15) is 46.4 Å². The van der Waals surface area contributed by atoms with E-state index in [1.165, 1.54) is 11.1 Å². The fraction of sp³-hybridized carbons (Fsp3) is 0.111. The Hall–Kier alpha value is -4.16. The monoisotopic (exact) mass is 468 g/mol. The Bertz CT molecular complexity index is 2060. The Morgan fingerprint density at radius 3 is 1.81 bits per heavy atom. The second kappa shape index (κ2) is 8.81. The SMILES string of the molecule is [2H]c1c([2H])c([2H])c2c(-c3ccccc3C3CCCc4ccccc43)c3c([2H])c([2H])c([2H])c([2H])c3c(-c3ccccc3)c2c1[2H]. The second-order valence-electron chi connectivity index (χ2n) is 9.35. The summed E-state index contributed by atoms with van der Waals surface area (Å²) in [6, 6.07) is 22.8. The van der Waals surface area contributed by atoms with Crippen LogP contribution in [-0.4, -0.2) is 0 Å². The average Bonchev–Trinajstić information content (AvgIpc) is 3.06. The maximum absolute atomic E-state index is 9.22. The molecule has 0 saturated carbocycles. The summed E-state index contributed by atoms with van der Waals surface area (Å²) in [6.07, 6.45) is 2.86. The summed E-state index contributed by atoms with van der Waals surface area (Å²) in [5, 5.41) is 0.995. The molecule has 0 bridgehead atoms. The molecule has 0 amide bonds. The van der Waals surface area contributed by atoms with E-state index in [-0.39, 0.29) is 75.8 Å². The van der Waals surface area contributed by atoms with E-state index in [1.807, 2.05) is 66.7 Å². The van der Waals surface area contributed by atoms with Gasteiger partial charge in [-0.2, -0.15) is 0 Å². The van der Waals surface area contributed by atoms with Gasteiger partial charge in [-0.05, 0) is 79.8 Å². The minimum Gasteiger partial charge on any atom is -0.0622 e. The first-order valence-corrected chi connectivity index (χ1v) is 12.4. The van der Waals surface area contributed by atoms with Crippen LogP contribution in [0.4, 0.5) is 0 Å². The lowest BCUT2D eigenvalue weighted by atomic mass is 9.75. The van der Waals surface area contributed by atoms with E-state index in [4.69, 9.17) is 8.22 Å². The van der Waals surface area contributed by atoms with Gasteiger partial charge in [0, 0.05) is 5.92 Å². The second-order valence-corrected chi connectivity index (χ2v) is 9.35. The van der Waals surface area contributed by atoms with Gasteiger partial charge in [0.15, 0.2) is 0 Å². The normalized spacial score (nSPS) is 18.3. The number of hydrogen-bond acceptors (Lipinski definition) is 0. The highest BCUT2D eigenvalue weighted by atomic mass is 14.3. The van der Waals surface area contributed by atoms with Crippen molar-refractivity contribution in [1.82, 2.24) is 0 Å². The Morgan fingerprint density at radius 1 is 0.556 bits per heavy atom. The van der Waals surface area contributed by atoms with E-state index in [0.717, 1.165) is 24.8 Å². The first-order chi connectivity index (χ1) is 21.2. The van der Waals surface area contributed by atoms with E-state index in [0.29, 0.717) is 22.3 Å². The molecule has 0 aromatic heterocycles. The van der Waals surface area contributed by atoms with Crippen LogP contribution in [-0.2, 0) is 6.42 Å². The van der Waals surface area contributed by atoms with Crippen molar-refractivity contribution < 1.29 is 11.0 Å². The van der Waals surface area contributed by atoms with E-state index >= 15 is 0 Å². The Kier molecular flexibility index (Phi) is 3.53. The zero-order valence-electron chi connectivity index (χ0n) is 27.7. The van der Waals surface area contributed by atoms with Crippen LogP contribution in [0, 0.1) is 0 Å². The average molecular weight is 469 g/mol. The molecule has 172 valence electrons. The summed E-state index contributed by atoms with van der Waals surface area (Å²) in [4.78, 5) is 0. The molecule has 36 heavy (non-hydrogen) atoms. The topological polar surface area (TPSA) is 0 Å². The molecule has 0 aliphatic heterocycles. The highest BCUT2D eigenvalue weighted by Crippen LogP contribution is 2.47. The van der Waals surface area contributed by atoms with Crippen LogP contribution in [0.3, 0.4) is 0 Å². The fourth-order valence-electron chi connectivity index (χ4n) is 5.89. The third-order valence-electron chi connectivity index (χ3n) is 7.41. The van der Waals surface area contributed by atoms with Gasteiger partial charge in [0.1, 0.15) is 0 Å². The molecule has 6 aromatic carbocycles. The van der Waals surface area contributed by atoms with Crippen molar-refractivity contribution in [2.24, 2.45) is 0 Å². The Balaban J connectivity index is 1.76. The van der Waals surface area contributed by atoms with Crippen molar-refractivity contribution in [3.8, 4) is 22.3 Å². The maximum atomic E-state index is 9.22. The zero-order valence-corrected chi connectivity index (χ0v) is 19.7. The molecule has 0 radical (unpaired) electrons. The highest BCUT2D eigenvalue weighted by Gasteiger charge is 2.25. The van der Waals surface area contributed by atoms with Crippen LogP contribution in [0.15, 0.2) is 127 Å². The minimum atomic E-state index is -0.389. The molecule has 1 aliphatic rings. The lowest BCUT2D eigenvalue weighted by Gasteiger charge is -2.28. The molecule has 0 spiro atoms. The van der Waals surface area contributed by atoms with Gasteiger partial charge in [-0.25, -0.2) is 0 Å². The van der Waals surface area contributed by atoms with Gasteiger partial charge >= 0.3 is 0 Å². The molecule has 6 aromatic rings. The van der Waals surface area contributed by atoms with Gasteiger partial charge in [-0.3, -0.25) is 0 Å². The largest absolute Gasteiger partial charge is 0.0629 e. The van der Waals surface area contributed by atoms with E-state index in [2.05, 4.69) is 12.1 Å². The molecule has 1 unspecified atom stereocenters. The van der Waals surface area contributed by atoms with Gasteiger partial charge in [0.2, 0.25) is 0 Å². The van der Waals surface area contributed by atoms with Gasteiger partial charge in [0.05, 0.1) is 11.0 Å². The molecular weight excluding hydrogens is 432 g/mol. The first kappa shape index (κ1) is 14.4. The maximum Gasteiger partial charge on any atom is 0.0629 e. The van der Waals surface area contributed by atoms with Crippen LogP contribution in [0.5, 0.6) is 0 Å². The van der Waals surface area contributed by atoms with Gasteiger partial charge in [-0.15, -0.1) is 0 Å². The molecule has 0 heterocycles. The van der Waals surface area contributed by atoms with Crippen LogP contribution in [0.2, 0.25) is 0 Å². The van der Waals surface area contributed by atoms with E-state index in [9.17, 15) is 2.74 Å². The molecule has 1 aliphatic carbocycles. The number of benzene rings is 6. The molecule has 1 atom stereocenters. The van der Waals surface area contributed by atoms with Crippen molar-refractivity contribution in [3.63, 3.8) is 0 Å². The van der Waals surface area contributed by atoms with Crippen molar-refractivity contribution in [3.05, 3.63) is 144 Å². The smallest absolute Gasteiger partial charge is 0.0622 e. The molecule has 0 N–H and O–H groups in total. The summed E-state index contributed by atoms with van der Waals surface area (Å²) < 4.78 is 71.3. The van der Waals surface area contributed by atoms with Gasteiger partial charge < -0.3 is 0 Å².